The summed E-state index contributed by atoms with van der Waals surface area (Å²) < 4.78 is 5.93. The van der Waals surface area contributed by atoms with Gasteiger partial charge in [-0.1, -0.05) is 24.3 Å². The van der Waals surface area contributed by atoms with Gasteiger partial charge in [0.2, 0.25) is 5.28 Å². The lowest BCUT2D eigenvalue weighted by Gasteiger charge is -2.24. The molecule has 0 aliphatic heterocycles. The number of phenols is 2. The summed E-state index contributed by atoms with van der Waals surface area (Å²) in [5.41, 5.74) is 3.95. The first kappa shape index (κ1) is 27.9. The SMILES string of the molecule is Cc1cnc(Cl)nc1-c1ccc(N(Cc2cccc(OCCCN(C)C)c2)C(=O)c2ccc(O)cc2O)cc1. The average molecular weight is 547 g/mol. The predicted octanol–water partition coefficient (Wildman–Crippen LogP) is 5.69. The van der Waals surface area contributed by atoms with Crippen molar-refractivity contribution in [2.24, 2.45) is 0 Å². The fourth-order valence-electron chi connectivity index (χ4n) is 4.13. The standard InChI is InChI=1S/C30H31ClN4O4/c1-20-18-32-30(31)33-28(20)22-8-10-23(11-9-22)35(29(38)26-13-12-24(36)17-27(26)37)19-21-6-4-7-25(16-21)39-15-5-14-34(2)3/h4,6-13,16-18,36-37H,5,14-15,19H2,1-3H3. The Labute approximate surface area is 233 Å². The van der Waals surface area contributed by atoms with Crippen LogP contribution in [0.15, 0.2) is 72.9 Å². The number of aryl methyl sites for hydroxylation is 1. The molecule has 0 radical (unpaired) electrons. The van der Waals surface area contributed by atoms with Crippen molar-refractivity contribution >= 4 is 23.2 Å². The van der Waals surface area contributed by atoms with Crippen LogP contribution in [0.25, 0.3) is 11.3 Å². The molecule has 39 heavy (non-hydrogen) atoms. The lowest BCUT2D eigenvalue weighted by Crippen LogP contribution is -2.30. The first-order valence-electron chi connectivity index (χ1n) is 12.5. The maximum Gasteiger partial charge on any atom is 0.262 e. The van der Waals surface area contributed by atoms with Crippen molar-refractivity contribution in [3.63, 3.8) is 0 Å². The second-order valence-corrected chi connectivity index (χ2v) is 9.80. The molecule has 4 aromatic rings. The van der Waals surface area contributed by atoms with Gasteiger partial charge in [0.05, 0.1) is 24.4 Å². The number of aromatic nitrogens is 2. The summed E-state index contributed by atoms with van der Waals surface area (Å²) in [5, 5.41) is 20.3. The number of carbonyl (C=O) groups is 1. The number of ether oxygens (including phenoxy) is 1. The summed E-state index contributed by atoms with van der Waals surface area (Å²) in [6, 6.07) is 18.9. The fourth-order valence-corrected chi connectivity index (χ4v) is 4.26. The highest BCUT2D eigenvalue weighted by atomic mass is 35.5. The maximum absolute atomic E-state index is 13.7. The van der Waals surface area contributed by atoms with Crippen molar-refractivity contribution in [2.75, 3.05) is 32.1 Å². The number of hydrogen-bond donors (Lipinski definition) is 2. The van der Waals surface area contributed by atoms with E-state index in [0.717, 1.165) is 41.5 Å². The number of carbonyl (C=O) groups excluding carboxylic acids is 1. The molecule has 2 N–H and O–H groups in total. The minimum absolute atomic E-state index is 0.0754. The molecule has 0 unspecified atom stereocenters. The van der Waals surface area contributed by atoms with Crippen LogP contribution in [0.4, 0.5) is 5.69 Å². The molecule has 0 saturated heterocycles. The zero-order valence-corrected chi connectivity index (χ0v) is 22.9. The lowest BCUT2D eigenvalue weighted by molar-refractivity contribution is 0.0982. The van der Waals surface area contributed by atoms with Gasteiger partial charge in [0.15, 0.2) is 0 Å². The third-order valence-electron chi connectivity index (χ3n) is 6.11. The van der Waals surface area contributed by atoms with E-state index in [4.69, 9.17) is 16.3 Å². The number of aromatic hydroxyl groups is 2. The number of benzene rings is 3. The van der Waals surface area contributed by atoms with Crippen LogP contribution in [0.1, 0.15) is 27.9 Å². The molecule has 4 rings (SSSR count). The van der Waals surface area contributed by atoms with E-state index < -0.39 is 5.91 Å². The summed E-state index contributed by atoms with van der Waals surface area (Å²) in [6.45, 7) is 3.64. The Balaban J connectivity index is 1.64. The van der Waals surface area contributed by atoms with Gasteiger partial charge in [0, 0.05) is 30.1 Å². The maximum atomic E-state index is 13.7. The number of nitrogens with zero attached hydrogens (tertiary/aromatic N) is 4. The molecule has 0 aliphatic carbocycles. The van der Waals surface area contributed by atoms with Crippen molar-refractivity contribution in [3.8, 4) is 28.5 Å². The summed E-state index contributed by atoms with van der Waals surface area (Å²) >= 11 is 6.01. The molecule has 0 saturated carbocycles. The molecular weight excluding hydrogens is 516 g/mol. The van der Waals surface area contributed by atoms with Crippen molar-refractivity contribution in [3.05, 3.63) is 94.9 Å². The lowest BCUT2D eigenvalue weighted by atomic mass is 10.1. The van der Waals surface area contributed by atoms with Crippen LogP contribution >= 0.6 is 11.6 Å². The first-order chi connectivity index (χ1) is 18.7. The zero-order valence-electron chi connectivity index (χ0n) is 22.1. The topological polar surface area (TPSA) is 99.0 Å². The molecule has 0 fully saturated rings. The Morgan fingerprint density at radius 1 is 1.03 bits per heavy atom. The number of amides is 1. The third-order valence-corrected chi connectivity index (χ3v) is 6.29. The molecule has 0 aliphatic rings. The number of halogens is 1. The Hall–Kier alpha value is -4.14. The fraction of sp³-hybridized carbons (Fsp3) is 0.233. The Bertz CT molecular complexity index is 1440. The molecule has 1 aromatic heterocycles. The molecular formula is C30H31ClN4O4. The van der Waals surface area contributed by atoms with Gasteiger partial charge >= 0.3 is 0 Å². The van der Waals surface area contributed by atoms with Crippen LogP contribution in [-0.4, -0.2) is 58.2 Å². The van der Waals surface area contributed by atoms with Gasteiger partial charge in [-0.2, -0.15) is 0 Å². The van der Waals surface area contributed by atoms with E-state index in [1.165, 1.54) is 12.1 Å². The Kier molecular flexibility index (Phi) is 9.01. The van der Waals surface area contributed by atoms with Crippen molar-refractivity contribution in [1.29, 1.82) is 0 Å². The molecule has 0 bridgehead atoms. The van der Waals surface area contributed by atoms with Crippen LogP contribution in [-0.2, 0) is 6.54 Å². The van der Waals surface area contributed by atoms with E-state index in [0.29, 0.717) is 18.0 Å². The van der Waals surface area contributed by atoms with E-state index in [1.54, 1.807) is 11.1 Å². The molecule has 202 valence electrons. The largest absolute Gasteiger partial charge is 0.508 e. The van der Waals surface area contributed by atoms with Crippen molar-refractivity contribution < 1.29 is 19.7 Å². The average Bonchev–Trinajstić information content (AvgIpc) is 2.91. The number of phenolic OH excluding ortho intramolecular Hbond substituents is 2. The highest BCUT2D eigenvalue weighted by molar-refractivity contribution is 6.28. The van der Waals surface area contributed by atoms with E-state index in [9.17, 15) is 15.0 Å². The van der Waals surface area contributed by atoms with E-state index in [-0.39, 0.29) is 28.9 Å². The molecule has 3 aromatic carbocycles. The second kappa shape index (κ2) is 12.6. The zero-order chi connectivity index (χ0) is 27.9. The minimum Gasteiger partial charge on any atom is -0.508 e. The molecule has 8 nitrogen and oxygen atoms in total. The number of hydrogen-bond acceptors (Lipinski definition) is 7. The Morgan fingerprint density at radius 3 is 2.51 bits per heavy atom. The van der Waals surface area contributed by atoms with Gasteiger partial charge in [-0.15, -0.1) is 0 Å². The van der Waals surface area contributed by atoms with Crippen LogP contribution < -0.4 is 9.64 Å². The number of anilines is 1. The second-order valence-electron chi connectivity index (χ2n) is 9.46. The number of rotatable bonds is 10. The minimum atomic E-state index is -0.418. The molecule has 1 heterocycles. The summed E-state index contributed by atoms with van der Waals surface area (Å²) in [7, 11) is 4.04. The van der Waals surface area contributed by atoms with Gasteiger partial charge in [-0.3, -0.25) is 4.79 Å². The van der Waals surface area contributed by atoms with Gasteiger partial charge in [0.25, 0.3) is 5.91 Å². The monoisotopic (exact) mass is 546 g/mol. The van der Waals surface area contributed by atoms with Crippen molar-refractivity contribution in [1.82, 2.24) is 14.9 Å². The van der Waals surface area contributed by atoms with Crippen LogP contribution in [0.3, 0.4) is 0 Å². The van der Waals surface area contributed by atoms with Gasteiger partial charge in [0.1, 0.15) is 17.2 Å². The van der Waals surface area contributed by atoms with Crippen LogP contribution in [0.5, 0.6) is 17.2 Å². The summed E-state index contributed by atoms with van der Waals surface area (Å²) in [6.07, 6.45) is 2.56. The van der Waals surface area contributed by atoms with Crippen molar-refractivity contribution in [2.45, 2.75) is 19.9 Å². The van der Waals surface area contributed by atoms with E-state index in [1.807, 2.05) is 69.6 Å². The van der Waals surface area contributed by atoms with Gasteiger partial charge < -0.3 is 24.7 Å². The van der Waals surface area contributed by atoms with Gasteiger partial charge in [-0.05, 0) is 86.6 Å². The molecule has 0 spiro atoms. The highest BCUT2D eigenvalue weighted by Crippen LogP contribution is 2.30. The van der Waals surface area contributed by atoms with E-state index in [2.05, 4.69) is 14.9 Å². The Morgan fingerprint density at radius 2 is 1.79 bits per heavy atom. The van der Waals surface area contributed by atoms with E-state index >= 15 is 0 Å². The van der Waals surface area contributed by atoms with Crippen LogP contribution in [0, 0.1) is 6.92 Å². The summed E-state index contributed by atoms with van der Waals surface area (Å²) in [4.78, 5) is 25.7. The first-order valence-corrected chi connectivity index (χ1v) is 12.9. The smallest absolute Gasteiger partial charge is 0.262 e. The molecule has 0 atom stereocenters. The van der Waals surface area contributed by atoms with Gasteiger partial charge in [-0.25, -0.2) is 9.97 Å². The highest BCUT2D eigenvalue weighted by Gasteiger charge is 2.22. The van der Waals surface area contributed by atoms with Crippen LogP contribution in [0.2, 0.25) is 5.28 Å². The molecule has 9 heteroatoms. The quantitative estimate of drug-likeness (QED) is 0.194. The third kappa shape index (κ3) is 7.25. The summed E-state index contributed by atoms with van der Waals surface area (Å²) in [5.74, 6) is -0.125. The normalized spacial score (nSPS) is 11.0. The molecule has 1 amide bonds. The predicted molar refractivity (Wildman–Crippen MR) is 153 cm³/mol.